The van der Waals surface area contributed by atoms with Crippen LogP contribution in [-0.2, 0) is 31.6 Å². The van der Waals surface area contributed by atoms with Crippen molar-refractivity contribution < 1.29 is 46.8 Å². The highest BCUT2D eigenvalue weighted by Gasteiger charge is 2.38. The summed E-state index contributed by atoms with van der Waals surface area (Å²) in [6.45, 7) is 1.56. The zero-order chi connectivity index (χ0) is 28.9. The Labute approximate surface area is 230 Å². The van der Waals surface area contributed by atoms with Crippen LogP contribution in [0.3, 0.4) is 0 Å². The highest BCUT2D eigenvalue weighted by Crippen LogP contribution is 2.32. The number of aromatic nitrogens is 1. The van der Waals surface area contributed by atoms with Gasteiger partial charge in [-0.25, -0.2) is 9.78 Å². The van der Waals surface area contributed by atoms with Gasteiger partial charge in [0, 0.05) is 18.2 Å². The van der Waals surface area contributed by atoms with E-state index >= 15 is 0 Å². The lowest BCUT2D eigenvalue weighted by molar-refractivity contribution is -0.164. The van der Waals surface area contributed by atoms with E-state index in [0.29, 0.717) is 12.0 Å². The summed E-state index contributed by atoms with van der Waals surface area (Å²) >= 11 is 0. The third kappa shape index (κ3) is 7.22. The Hall–Kier alpha value is -3.38. The number of carbonyl (C=O) groups excluding carboxylic acids is 2. The lowest BCUT2D eigenvalue weighted by atomic mass is 9.91. The fourth-order valence-corrected chi connectivity index (χ4v) is 5.09. The van der Waals surface area contributed by atoms with Gasteiger partial charge in [0.2, 0.25) is 0 Å². The summed E-state index contributed by atoms with van der Waals surface area (Å²) in [7, 11) is 1.33. The number of nitrogens with zero attached hydrogens (tertiary/aromatic N) is 1. The molecule has 2 fully saturated rings. The number of pyridine rings is 1. The SMILES string of the molecule is COc1ccnc(C(=O)N[C@H]2COC[C@H](Cc3ccc(C(F)(F)F)cc3)[C@@H](OC3CCCC3)[C@H](C)OC2=O)c1O. The Bertz CT molecular complexity index is 1170. The van der Waals surface area contributed by atoms with Crippen molar-refractivity contribution in [2.24, 2.45) is 5.92 Å². The highest BCUT2D eigenvalue weighted by molar-refractivity contribution is 5.98. The van der Waals surface area contributed by atoms with E-state index < -0.39 is 47.6 Å². The smallest absolute Gasteiger partial charge is 0.416 e. The molecule has 1 aromatic carbocycles. The van der Waals surface area contributed by atoms with E-state index in [0.717, 1.165) is 37.8 Å². The Morgan fingerprint density at radius 2 is 1.85 bits per heavy atom. The summed E-state index contributed by atoms with van der Waals surface area (Å²) in [4.78, 5) is 29.8. The number of aromatic hydroxyl groups is 1. The first-order chi connectivity index (χ1) is 19.1. The number of carbonyl (C=O) groups is 2. The Morgan fingerprint density at radius 3 is 2.50 bits per heavy atom. The summed E-state index contributed by atoms with van der Waals surface area (Å²) in [6, 6.07) is 5.10. The third-order valence-electron chi connectivity index (χ3n) is 7.19. The molecule has 2 aliphatic rings. The first kappa shape index (κ1) is 29.6. The fraction of sp³-hybridized carbons (Fsp3) is 0.536. The van der Waals surface area contributed by atoms with Crippen LogP contribution in [0.1, 0.15) is 54.2 Å². The molecule has 218 valence electrons. The van der Waals surface area contributed by atoms with Crippen LogP contribution in [0.4, 0.5) is 13.2 Å². The Kier molecular flexibility index (Phi) is 9.52. The standard InChI is InChI=1S/C28H33F3N2O7/c1-16-25(40-20-5-3-4-6-20)18(13-17-7-9-19(10-8-17)28(29,30)31)14-38-15-21(27(36)39-16)33-26(35)23-24(34)22(37-2)11-12-32-23/h7-12,16,18,20-21,25,34H,3-6,13-15H2,1-2H3,(H,33,35)/t16-,18-,21-,25-/m0/s1. The maximum absolute atomic E-state index is 13.1. The van der Waals surface area contributed by atoms with Gasteiger partial charge in [0.15, 0.2) is 23.2 Å². The van der Waals surface area contributed by atoms with Gasteiger partial charge in [0.25, 0.3) is 5.91 Å². The number of amides is 1. The minimum Gasteiger partial charge on any atom is -0.503 e. The topological polar surface area (TPSA) is 116 Å². The van der Waals surface area contributed by atoms with Crippen LogP contribution >= 0.6 is 0 Å². The number of cyclic esters (lactones) is 1. The molecule has 1 amide bonds. The Balaban J connectivity index is 1.52. The molecule has 1 saturated heterocycles. The molecule has 12 heteroatoms. The van der Waals surface area contributed by atoms with E-state index in [9.17, 15) is 27.9 Å². The first-order valence-corrected chi connectivity index (χ1v) is 13.2. The third-order valence-corrected chi connectivity index (χ3v) is 7.19. The predicted octanol–water partition coefficient (Wildman–Crippen LogP) is 4.06. The number of nitrogens with one attached hydrogen (secondary N) is 1. The van der Waals surface area contributed by atoms with Crippen molar-refractivity contribution in [2.45, 2.75) is 69.6 Å². The Morgan fingerprint density at radius 1 is 1.15 bits per heavy atom. The molecule has 0 radical (unpaired) electrons. The summed E-state index contributed by atoms with van der Waals surface area (Å²) in [5, 5.41) is 12.8. The summed E-state index contributed by atoms with van der Waals surface area (Å²) < 4.78 is 62.2. The summed E-state index contributed by atoms with van der Waals surface area (Å²) in [5.74, 6) is -2.36. The van der Waals surface area contributed by atoms with E-state index in [1.165, 1.54) is 31.5 Å². The van der Waals surface area contributed by atoms with E-state index in [4.69, 9.17) is 18.9 Å². The van der Waals surface area contributed by atoms with Gasteiger partial charge >= 0.3 is 12.1 Å². The number of alkyl halides is 3. The van der Waals surface area contributed by atoms with Gasteiger partial charge in [-0.2, -0.15) is 13.2 Å². The van der Waals surface area contributed by atoms with Crippen LogP contribution in [0, 0.1) is 5.92 Å². The number of rotatable bonds is 7. The predicted molar refractivity (Wildman–Crippen MR) is 136 cm³/mol. The minimum absolute atomic E-state index is 0.0281. The normalized spacial score (nSPS) is 24.5. The average Bonchev–Trinajstić information content (AvgIpc) is 3.44. The minimum atomic E-state index is -4.44. The van der Waals surface area contributed by atoms with Crippen LogP contribution in [0.2, 0.25) is 0 Å². The van der Waals surface area contributed by atoms with E-state index in [-0.39, 0.29) is 36.7 Å². The molecule has 1 aromatic heterocycles. The average molecular weight is 567 g/mol. The van der Waals surface area contributed by atoms with Crippen molar-refractivity contribution in [2.75, 3.05) is 20.3 Å². The molecule has 4 rings (SSSR count). The van der Waals surface area contributed by atoms with Gasteiger partial charge < -0.3 is 29.4 Å². The van der Waals surface area contributed by atoms with Crippen LogP contribution in [0.5, 0.6) is 11.5 Å². The molecular formula is C28H33F3N2O7. The number of ether oxygens (including phenoxy) is 4. The molecule has 1 aliphatic carbocycles. The van der Waals surface area contributed by atoms with Crippen LogP contribution in [0.25, 0.3) is 0 Å². The van der Waals surface area contributed by atoms with E-state index in [1.54, 1.807) is 6.92 Å². The molecular weight excluding hydrogens is 533 g/mol. The molecule has 0 bridgehead atoms. The number of halogens is 3. The van der Waals surface area contributed by atoms with Crippen molar-refractivity contribution in [1.29, 1.82) is 0 Å². The van der Waals surface area contributed by atoms with Crippen molar-refractivity contribution in [3.63, 3.8) is 0 Å². The summed E-state index contributed by atoms with van der Waals surface area (Å²) in [5.41, 5.74) is -0.412. The molecule has 0 spiro atoms. The quantitative estimate of drug-likeness (QED) is 0.482. The second kappa shape index (κ2) is 12.9. The maximum atomic E-state index is 13.1. The molecule has 1 saturated carbocycles. The molecule has 2 aromatic rings. The monoisotopic (exact) mass is 566 g/mol. The maximum Gasteiger partial charge on any atom is 0.416 e. The largest absolute Gasteiger partial charge is 0.503 e. The van der Waals surface area contributed by atoms with Gasteiger partial charge in [-0.05, 0) is 43.9 Å². The summed E-state index contributed by atoms with van der Waals surface area (Å²) in [6.07, 6.45) is -0.422. The number of benzene rings is 1. The van der Waals surface area contributed by atoms with E-state index in [2.05, 4.69) is 10.3 Å². The van der Waals surface area contributed by atoms with Crippen molar-refractivity contribution in [3.05, 3.63) is 53.3 Å². The first-order valence-electron chi connectivity index (χ1n) is 13.2. The van der Waals surface area contributed by atoms with Gasteiger partial charge in [0.05, 0.1) is 38.1 Å². The van der Waals surface area contributed by atoms with Crippen molar-refractivity contribution >= 4 is 11.9 Å². The highest BCUT2D eigenvalue weighted by atomic mass is 19.4. The van der Waals surface area contributed by atoms with Gasteiger partial charge in [0.1, 0.15) is 6.10 Å². The second-order valence-electron chi connectivity index (χ2n) is 10.1. The zero-order valence-corrected chi connectivity index (χ0v) is 22.3. The second-order valence-corrected chi connectivity index (χ2v) is 10.1. The molecule has 4 atom stereocenters. The molecule has 40 heavy (non-hydrogen) atoms. The van der Waals surface area contributed by atoms with Gasteiger partial charge in [-0.15, -0.1) is 0 Å². The van der Waals surface area contributed by atoms with Gasteiger partial charge in [-0.3, -0.25) is 4.79 Å². The lowest BCUT2D eigenvalue weighted by Gasteiger charge is -2.33. The zero-order valence-electron chi connectivity index (χ0n) is 22.3. The van der Waals surface area contributed by atoms with Crippen LogP contribution in [0.15, 0.2) is 36.5 Å². The number of methoxy groups -OCH3 is 1. The number of esters is 1. The van der Waals surface area contributed by atoms with E-state index in [1.807, 2.05) is 0 Å². The molecule has 2 N–H and O–H groups in total. The number of hydrogen-bond donors (Lipinski definition) is 2. The van der Waals surface area contributed by atoms with Crippen LogP contribution < -0.4 is 10.1 Å². The molecule has 2 heterocycles. The van der Waals surface area contributed by atoms with Crippen LogP contribution in [-0.4, -0.2) is 66.6 Å². The van der Waals surface area contributed by atoms with Gasteiger partial charge in [-0.1, -0.05) is 25.0 Å². The molecule has 1 aliphatic heterocycles. The molecule has 0 unspecified atom stereocenters. The number of hydrogen-bond acceptors (Lipinski definition) is 8. The lowest BCUT2D eigenvalue weighted by Crippen LogP contribution is -2.47. The van der Waals surface area contributed by atoms with Crippen molar-refractivity contribution in [3.8, 4) is 11.5 Å². The molecule has 9 nitrogen and oxygen atoms in total. The fourth-order valence-electron chi connectivity index (χ4n) is 5.09. The van der Waals surface area contributed by atoms with Crippen molar-refractivity contribution in [1.82, 2.24) is 10.3 Å².